The van der Waals surface area contributed by atoms with Crippen LogP contribution in [0, 0.1) is 11.8 Å². The highest BCUT2D eigenvalue weighted by molar-refractivity contribution is 5.87. The normalized spacial score (nSPS) is 32.4. The van der Waals surface area contributed by atoms with E-state index in [0.29, 0.717) is 12.0 Å². The standard InChI is InChI=1S/C12H21NO/c1-4-6-12(14)13-11-8-7-10(5-2)9(11)3/h4,6,9-11H,5,7-8H2,1-3H3,(H,13,14). The second-order valence-electron chi connectivity index (χ2n) is 4.22. The molecule has 2 nitrogen and oxygen atoms in total. The Hall–Kier alpha value is -0.790. The first-order valence-corrected chi connectivity index (χ1v) is 5.62. The number of carbonyl (C=O) groups is 1. The van der Waals surface area contributed by atoms with E-state index in [2.05, 4.69) is 19.2 Å². The summed E-state index contributed by atoms with van der Waals surface area (Å²) in [6.07, 6.45) is 7.02. The van der Waals surface area contributed by atoms with Crippen molar-refractivity contribution in [3.05, 3.63) is 12.2 Å². The molecule has 1 N–H and O–H groups in total. The van der Waals surface area contributed by atoms with E-state index in [-0.39, 0.29) is 5.91 Å². The quantitative estimate of drug-likeness (QED) is 0.689. The smallest absolute Gasteiger partial charge is 0.243 e. The third-order valence-corrected chi connectivity index (χ3v) is 3.40. The van der Waals surface area contributed by atoms with Crippen molar-refractivity contribution >= 4 is 5.91 Å². The molecule has 0 aromatic rings. The Bertz CT molecular complexity index is 222. The minimum absolute atomic E-state index is 0.0566. The number of allylic oxidation sites excluding steroid dienone is 1. The lowest BCUT2D eigenvalue weighted by atomic mass is 9.93. The van der Waals surface area contributed by atoms with Gasteiger partial charge in [-0.3, -0.25) is 4.79 Å². The molecule has 1 aliphatic rings. The Balaban J connectivity index is 2.43. The molecule has 3 atom stereocenters. The summed E-state index contributed by atoms with van der Waals surface area (Å²) >= 11 is 0. The van der Waals surface area contributed by atoms with Crippen LogP contribution in [0.3, 0.4) is 0 Å². The molecule has 2 heteroatoms. The van der Waals surface area contributed by atoms with Crippen molar-refractivity contribution in [2.75, 3.05) is 0 Å². The molecule has 1 aliphatic carbocycles. The highest BCUT2D eigenvalue weighted by Crippen LogP contribution is 2.33. The summed E-state index contributed by atoms with van der Waals surface area (Å²) in [4.78, 5) is 11.3. The van der Waals surface area contributed by atoms with Crippen LogP contribution in [0.5, 0.6) is 0 Å². The number of hydrogen-bond acceptors (Lipinski definition) is 1. The van der Waals surface area contributed by atoms with E-state index in [0.717, 1.165) is 12.3 Å². The molecule has 0 saturated heterocycles. The van der Waals surface area contributed by atoms with Crippen molar-refractivity contribution in [2.24, 2.45) is 11.8 Å². The molecule has 1 saturated carbocycles. The lowest BCUT2D eigenvalue weighted by Gasteiger charge is -2.20. The minimum atomic E-state index is 0.0566. The molecule has 0 heterocycles. The van der Waals surface area contributed by atoms with Crippen molar-refractivity contribution in [1.82, 2.24) is 5.32 Å². The summed E-state index contributed by atoms with van der Waals surface area (Å²) in [5, 5.41) is 3.07. The zero-order chi connectivity index (χ0) is 10.6. The van der Waals surface area contributed by atoms with E-state index in [1.165, 1.54) is 12.8 Å². The molecule has 0 bridgehead atoms. The van der Waals surface area contributed by atoms with Crippen molar-refractivity contribution in [2.45, 2.75) is 46.1 Å². The van der Waals surface area contributed by atoms with Crippen LogP contribution < -0.4 is 5.32 Å². The molecule has 0 aliphatic heterocycles. The lowest BCUT2D eigenvalue weighted by molar-refractivity contribution is -0.117. The van der Waals surface area contributed by atoms with Gasteiger partial charge < -0.3 is 5.32 Å². The third-order valence-electron chi connectivity index (χ3n) is 3.40. The Morgan fingerprint density at radius 1 is 1.50 bits per heavy atom. The zero-order valence-corrected chi connectivity index (χ0v) is 9.42. The predicted molar refractivity (Wildman–Crippen MR) is 58.9 cm³/mol. The number of carbonyl (C=O) groups excluding carboxylic acids is 1. The average Bonchev–Trinajstić information content (AvgIpc) is 2.48. The van der Waals surface area contributed by atoms with Crippen LogP contribution in [-0.2, 0) is 4.79 Å². The molecular weight excluding hydrogens is 174 g/mol. The van der Waals surface area contributed by atoms with Gasteiger partial charge in [0.05, 0.1) is 0 Å². The fourth-order valence-electron chi connectivity index (χ4n) is 2.41. The van der Waals surface area contributed by atoms with E-state index >= 15 is 0 Å². The molecule has 3 unspecified atom stereocenters. The maximum atomic E-state index is 11.3. The highest BCUT2D eigenvalue weighted by atomic mass is 16.1. The van der Waals surface area contributed by atoms with Gasteiger partial charge in [0.25, 0.3) is 0 Å². The topological polar surface area (TPSA) is 29.1 Å². The SMILES string of the molecule is CC=CC(=O)NC1CCC(CC)C1C. The van der Waals surface area contributed by atoms with Gasteiger partial charge >= 0.3 is 0 Å². The summed E-state index contributed by atoms with van der Waals surface area (Å²) in [5.41, 5.74) is 0. The van der Waals surface area contributed by atoms with Crippen LogP contribution in [0.15, 0.2) is 12.2 Å². The van der Waals surface area contributed by atoms with Gasteiger partial charge in [-0.25, -0.2) is 0 Å². The molecule has 14 heavy (non-hydrogen) atoms. The van der Waals surface area contributed by atoms with Crippen LogP contribution in [-0.4, -0.2) is 11.9 Å². The van der Waals surface area contributed by atoms with Crippen molar-refractivity contribution in [3.8, 4) is 0 Å². The molecular formula is C12H21NO. The van der Waals surface area contributed by atoms with Gasteiger partial charge in [0.1, 0.15) is 0 Å². The predicted octanol–water partition coefficient (Wildman–Crippen LogP) is 2.50. The fourth-order valence-corrected chi connectivity index (χ4v) is 2.41. The summed E-state index contributed by atoms with van der Waals surface area (Å²) in [5.74, 6) is 1.49. The van der Waals surface area contributed by atoms with Crippen LogP contribution in [0.25, 0.3) is 0 Å². The molecule has 0 aromatic heterocycles. The van der Waals surface area contributed by atoms with Gasteiger partial charge in [0.15, 0.2) is 0 Å². The van der Waals surface area contributed by atoms with Gasteiger partial charge in [-0.1, -0.05) is 26.3 Å². The largest absolute Gasteiger partial charge is 0.350 e. The average molecular weight is 195 g/mol. The highest BCUT2D eigenvalue weighted by Gasteiger charge is 2.31. The van der Waals surface area contributed by atoms with E-state index in [1.807, 2.05) is 6.92 Å². The molecule has 0 spiro atoms. The van der Waals surface area contributed by atoms with Crippen LogP contribution in [0.1, 0.15) is 40.0 Å². The van der Waals surface area contributed by atoms with E-state index < -0.39 is 0 Å². The molecule has 1 rings (SSSR count). The van der Waals surface area contributed by atoms with Gasteiger partial charge in [-0.15, -0.1) is 0 Å². The first-order chi connectivity index (χ1) is 6.69. The van der Waals surface area contributed by atoms with Gasteiger partial charge in [-0.05, 0) is 37.7 Å². The van der Waals surface area contributed by atoms with Crippen molar-refractivity contribution in [3.63, 3.8) is 0 Å². The maximum absolute atomic E-state index is 11.3. The van der Waals surface area contributed by atoms with Crippen LogP contribution in [0.2, 0.25) is 0 Å². The third kappa shape index (κ3) is 2.60. The first kappa shape index (κ1) is 11.3. The molecule has 1 fully saturated rings. The van der Waals surface area contributed by atoms with E-state index in [4.69, 9.17) is 0 Å². The Morgan fingerprint density at radius 2 is 2.21 bits per heavy atom. The summed E-state index contributed by atoms with van der Waals surface area (Å²) in [6, 6.07) is 0.392. The van der Waals surface area contributed by atoms with Crippen molar-refractivity contribution in [1.29, 1.82) is 0 Å². The first-order valence-electron chi connectivity index (χ1n) is 5.62. The zero-order valence-electron chi connectivity index (χ0n) is 9.42. The number of nitrogens with one attached hydrogen (secondary N) is 1. The maximum Gasteiger partial charge on any atom is 0.243 e. The summed E-state index contributed by atoms with van der Waals surface area (Å²) in [6.45, 7) is 6.35. The van der Waals surface area contributed by atoms with Crippen LogP contribution in [0.4, 0.5) is 0 Å². The van der Waals surface area contributed by atoms with Crippen molar-refractivity contribution < 1.29 is 4.79 Å². The number of rotatable bonds is 3. The van der Waals surface area contributed by atoms with Gasteiger partial charge in [0, 0.05) is 6.04 Å². The Kier molecular flexibility index (Phi) is 4.18. The van der Waals surface area contributed by atoms with E-state index in [9.17, 15) is 4.79 Å². The van der Waals surface area contributed by atoms with Gasteiger partial charge in [0.2, 0.25) is 5.91 Å². The Morgan fingerprint density at radius 3 is 2.71 bits per heavy atom. The molecule has 0 radical (unpaired) electrons. The van der Waals surface area contributed by atoms with E-state index in [1.54, 1.807) is 12.2 Å². The summed E-state index contributed by atoms with van der Waals surface area (Å²) < 4.78 is 0. The second-order valence-corrected chi connectivity index (χ2v) is 4.22. The fraction of sp³-hybridized carbons (Fsp3) is 0.750. The molecule has 1 amide bonds. The monoisotopic (exact) mass is 195 g/mol. The number of amides is 1. The summed E-state index contributed by atoms with van der Waals surface area (Å²) in [7, 11) is 0. The number of hydrogen-bond donors (Lipinski definition) is 1. The lowest BCUT2D eigenvalue weighted by Crippen LogP contribution is -2.36. The van der Waals surface area contributed by atoms with Crippen LogP contribution >= 0.6 is 0 Å². The van der Waals surface area contributed by atoms with Gasteiger partial charge in [-0.2, -0.15) is 0 Å². The minimum Gasteiger partial charge on any atom is -0.350 e. The second kappa shape index (κ2) is 5.18. The molecule has 0 aromatic carbocycles. The molecule has 80 valence electrons. The Labute approximate surface area is 86.8 Å².